The van der Waals surface area contributed by atoms with Crippen LogP contribution in [0, 0.1) is 11.8 Å². The van der Waals surface area contributed by atoms with Crippen molar-refractivity contribution >= 4 is 22.7 Å². The van der Waals surface area contributed by atoms with E-state index in [0.29, 0.717) is 11.7 Å². The summed E-state index contributed by atoms with van der Waals surface area (Å²) in [5.41, 5.74) is 0. The number of anilines is 1. The van der Waals surface area contributed by atoms with Crippen LogP contribution in [0.4, 0.5) is 9.93 Å². The van der Waals surface area contributed by atoms with E-state index in [1.165, 1.54) is 30.8 Å². The summed E-state index contributed by atoms with van der Waals surface area (Å²) in [6.45, 7) is 2.50. The molecule has 1 saturated heterocycles. The molecule has 0 aromatic carbocycles. The second-order valence-corrected chi connectivity index (χ2v) is 6.79. The second kappa shape index (κ2) is 5.65. The first-order valence-electron chi connectivity index (χ1n) is 7.15. The summed E-state index contributed by atoms with van der Waals surface area (Å²) in [7, 11) is 3.95. The lowest BCUT2D eigenvalue weighted by molar-refractivity contribution is 0.219. The molecule has 0 bridgehead atoms. The Kier molecular flexibility index (Phi) is 3.89. The fraction of sp³-hybridized carbons (Fsp3) is 0.769. The van der Waals surface area contributed by atoms with Gasteiger partial charge in [-0.3, -0.25) is 5.32 Å². The highest BCUT2D eigenvalue weighted by Crippen LogP contribution is 2.37. The number of fused-ring (bicyclic) bond motifs is 1. The number of nitrogens with zero attached hydrogens (tertiary/aromatic N) is 4. The second-order valence-electron chi connectivity index (χ2n) is 6.04. The SMILES string of the molecule is CN(C)Cc1nsc(NC(=O)N2CC3CCCC3C2)n1. The van der Waals surface area contributed by atoms with Crippen molar-refractivity contribution in [2.45, 2.75) is 25.8 Å². The summed E-state index contributed by atoms with van der Waals surface area (Å²) in [4.78, 5) is 20.5. The molecule has 1 aromatic rings. The van der Waals surface area contributed by atoms with Gasteiger partial charge in [-0.05, 0) is 38.8 Å². The fourth-order valence-corrected chi connectivity index (χ4v) is 3.79. The molecule has 2 amide bonds. The highest BCUT2D eigenvalue weighted by atomic mass is 32.1. The standard InChI is InChI=1S/C13H21N5OS/c1-17(2)8-11-14-12(20-16-11)15-13(19)18-6-9-4-3-5-10(9)7-18/h9-10H,3-8H2,1-2H3,(H,14,15,16,19). The van der Waals surface area contributed by atoms with Crippen LogP contribution in [0.1, 0.15) is 25.1 Å². The summed E-state index contributed by atoms with van der Waals surface area (Å²) < 4.78 is 4.25. The highest BCUT2D eigenvalue weighted by Gasteiger charge is 2.38. The van der Waals surface area contributed by atoms with Crippen molar-refractivity contribution < 1.29 is 4.79 Å². The van der Waals surface area contributed by atoms with Gasteiger partial charge < -0.3 is 9.80 Å². The Bertz CT molecular complexity index is 477. The van der Waals surface area contributed by atoms with Gasteiger partial charge in [0.05, 0.1) is 6.54 Å². The number of likely N-dealkylation sites (tertiary alicyclic amines) is 1. The van der Waals surface area contributed by atoms with Gasteiger partial charge in [0.25, 0.3) is 0 Å². The molecule has 1 aliphatic heterocycles. The third-order valence-electron chi connectivity index (χ3n) is 4.15. The fourth-order valence-electron chi connectivity index (χ4n) is 3.22. The summed E-state index contributed by atoms with van der Waals surface area (Å²) >= 11 is 1.25. The Morgan fingerprint density at radius 1 is 1.40 bits per heavy atom. The van der Waals surface area contributed by atoms with Crippen LogP contribution in [0.25, 0.3) is 0 Å². The molecule has 7 heteroatoms. The number of urea groups is 1. The molecule has 1 aromatic heterocycles. The van der Waals surface area contributed by atoms with E-state index in [1.807, 2.05) is 23.9 Å². The maximum atomic E-state index is 12.2. The van der Waals surface area contributed by atoms with E-state index in [1.54, 1.807) is 0 Å². The average Bonchev–Trinajstić information content (AvgIpc) is 3.02. The first kappa shape index (κ1) is 13.8. The molecule has 1 N–H and O–H groups in total. The van der Waals surface area contributed by atoms with Gasteiger partial charge >= 0.3 is 6.03 Å². The van der Waals surface area contributed by atoms with Crippen LogP contribution in [0.3, 0.4) is 0 Å². The summed E-state index contributed by atoms with van der Waals surface area (Å²) in [6.07, 6.45) is 3.88. The smallest absolute Gasteiger partial charge is 0.323 e. The van der Waals surface area contributed by atoms with Gasteiger partial charge in [0, 0.05) is 24.6 Å². The lowest BCUT2D eigenvalue weighted by Crippen LogP contribution is -2.33. The van der Waals surface area contributed by atoms with Gasteiger partial charge in [-0.1, -0.05) is 6.42 Å². The summed E-state index contributed by atoms with van der Waals surface area (Å²) in [5, 5.41) is 3.48. The Balaban J connectivity index is 1.55. The molecule has 110 valence electrons. The quantitative estimate of drug-likeness (QED) is 0.924. The van der Waals surface area contributed by atoms with Gasteiger partial charge in [-0.25, -0.2) is 9.78 Å². The van der Waals surface area contributed by atoms with Gasteiger partial charge in [-0.2, -0.15) is 4.37 Å². The van der Waals surface area contributed by atoms with E-state index in [2.05, 4.69) is 14.7 Å². The molecular formula is C13H21N5OS. The van der Waals surface area contributed by atoms with E-state index in [-0.39, 0.29) is 6.03 Å². The first-order chi connectivity index (χ1) is 9.61. The molecule has 0 radical (unpaired) electrons. The highest BCUT2D eigenvalue weighted by molar-refractivity contribution is 7.09. The van der Waals surface area contributed by atoms with Crippen LogP contribution in [-0.4, -0.2) is 52.4 Å². The van der Waals surface area contributed by atoms with Crippen LogP contribution < -0.4 is 5.32 Å². The lowest BCUT2D eigenvalue weighted by Gasteiger charge is -2.16. The summed E-state index contributed by atoms with van der Waals surface area (Å²) in [5.74, 6) is 2.20. The number of hydrogen-bond donors (Lipinski definition) is 1. The molecule has 2 aliphatic rings. The lowest BCUT2D eigenvalue weighted by atomic mass is 10.0. The van der Waals surface area contributed by atoms with E-state index in [0.717, 1.165) is 30.7 Å². The normalized spacial score (nSPS) is 25.2. The molecule has 2 atom stereocenters. The third-order valence-corrected chi connectivity index (χ3v) is 4.82. The maximum Gasteiger partial charge on any atom is 0.323 e. The van der Waals surface area contributed by atoms with Crippen LogP contribution in [0.2, 0.25) is 0 Å². The van der Waals surface area contributed by atoms with Crippen LogP contribution in [-0.2, 0) is 6.54 Å². The minimum absolute atomic E-state index is 0.0213. The molecule has 20 heavy (non-hydrogen) atoms. The molecule has 1 saturated carbocycles. The zero-order valence-corrected chi connectivity index (χ0v) is 12.8. The Morgan fingerprint density at radius 3 is 2.75 bits per heavy atom. The van der Waals surface area contributed by atoms with Crippen molar-refractivity contribution in [1.82, 2.24) is 19.2 Å². The minimum Gasteiger partial charge on any atom is -0.324 e. The largest absolute Gasteiger partial charge is 0.324 e. The topological polar surface area (TPSA) is 61.4 Å². The van der Waals surface area contributed by atoms with Crippen molar-refractivity contribution in [1.29, 1.82) is 0 Å². The van der Waals surface area contributed by atoms with Crippen molar-refractivity contribution in [2.75, 3.05) is 32.5 Å². The molecule has 1 aliphatic carbocycles. The predicted molar refractivity (Wildman–Crippen MR) is 78.7 cm³/mol. The van der Waals surface area contributed by atoms with E-state index < -0.39 is 0 Å². The van der Waals surface area contributed by atoms with Gasteiger partial charge in [-0.15, -0.1) is 0 Å². The number of carbonyl (C=O) groups excluding carboxylic acids is 1. The molecular weight excluding hydrogens is 274 g/mol. The van der Waals surface area contributed by atoms with E-state index >= 15 is 0 Å². The number of hydrogen-bond acceptors (Lipinski definition) is 5. The molecule has 2 unspecified atom stereocenters. The number of nitrogens with one attached hydrogen (secondary N) is 1. The number of aromatic nitrogens is 2. The maximum absolute atomic E-state index is 12.2. The van der Waals surface area contributed by atoms with Crippen LogP contribution >= 0.6 is 11.5 Å². The van der Waals surface area contributed by atoms with Crippen LogP contribution in [0.5, 0.6) is 0 Å². The zero-order chi connectivity index (χ0) is 14.1. The van der Waals surface area contributed by atoms with Crippen LogP contribution in [0.15, 0.2) is 0 Å². The van der Waals surface area contributed by atoms with Crippen molar-refractivity contribution in [3.8, 4) is 0 Å². The molecule has 2 heterocycles. The minimum atomic E-state index is -0.0213. The zero-order valence-electron chi connectivity index (χ0n) is 12.0. The molecule has 6 nitrogen and oxygen atoms in total. The van der Waals surface area contributed by atoms with Gasteiger partial charge in [0.1, 0.15) is 0 Å². The summed E-state index contributed by atoms with van der Waals surface area (Å²) in [6, 6.07) is -0.0213. The van der Waals surface area contributed by atoms with Gasteiger partial charge in [0.15, 0.2) is 5.82 Å². The number of amides is 2. The van der Waals surface area contributed by atoms with Gasteiger partial charge in [0.2, 0.25) is 5.13 Å². The third kappa shape index (κ3) is 2.93. The molecule has 3 rings (SSSR count). The number of carbonyl (C=O) groups is 1. The Hall–Kier alpha value is -1.21. The first-order valence-corrected chi connectivity index (χ1v) is 7.92. The molecule has 2 fully saturated rings. The monoisotopic (exact) mass is 295 g/mol. The van der Waals surface area contributed by atoms with Crippen molar-refractivity contribution in [3.63, 3.8) is 0 Å². The Morgan fingerprint density at radius 2 is 2.10 bits per heavy atom. The Labute approximate surface area is 123 Å². The number of rotatable bonds is 3. The van der Waals surface area contributed by atoms with E-state index in [4.69, 9.17) is 0 Å². The predicted octanol–water partition coefficient (Wildman–Crippen LogP) is 1.86. The van der Waals surface area contributed by atoms with E-state index in [9.17, 15) is 4.79 Å². The van der Waals surface area contributed by atoms with Crippen molar-refractivity contribution in [3.05, 3.63) is 5.82 Å². The van der Waals surface area contributed by atoms with Crippen molar-refractivity contribution in [2.24, 2.45) is 11.8 Å². The molecule has 0 spiro atoms. The average molecular weight is 295 g/mol.